The van der Waals surface area contributed by atoms with Crippen LogP contribution < -0.4 is 5.32 Å². The highest BCUT2D eigenvalue weighted by Crippen LogP contribution is 2.19. The number of nitrogens with one attached hydrogen (secondary N) is 1. The normalized spacial score (nSPS) is 10.5. The van der Waals surface area contributed by atoms with E-state index in [9.17, 15) is 19.7 Å². The lowest BCUT2D eigenvalue weighted by atomic mass is 10.1. The van der Waals surface area contributed by atoms with E-state index in [-0.39, 0.29) is 23.1 Å². The molecule has 8 nitrogen and oxygen atoms in total. The maximum atomic E-state index is 11.9. The SMILES string of the molecule is CCOC(=O)c1csc(NC(=O)/C=C/c2ccccc2[N+](=O)[O-])n1. The van der Waals surface area contributed by atoms with E-state index in [4.69, 9.17) is 4.74 Å². The van der Waals surface area contributed by atoms with Crippen LogP contribution in [0.15, 0.2) is 35.7 Å². The smallest absolute Gasteiger partial charge is 0.357 e. The zero-order valence-corrected chi connectivity index (χ0v) is 13.4. The first-order valence-corrected chi connectivity index (χ1v) is 7.74. The van der Waals surface area contributed by atoms with E-state index in [0.717, 1.165) is 17.4 Å². The monoisotopic (exact) mass is 347 g/mol. The van der Waals surface area contributed by atoms with Crippen LogP contribution in [0, 0.1) is 10.1 Å². The average molecular weight is 347 g/mol. The number of rotatable bonds is 6. The number of nitro groups is 1. The van der Waals surface area contributed by atoms with E-state index in [1.54, 1.807) is 19.1 Å². The fraction of sp³-hybridized carbons (Fsp3) is 0.133. The molecule has 0 unspecified atom stereocenters. The number of thiazole rings is 1. The Morgan fingerprint density at radius 2 is 2.17 bits per heavy atom. The van der Waals surface area contributed by atoms with Crippen molar-refractivity contribution in [3.05, 3.63) is 57.1 Å². The Labute approximate surface area is 140 Å². The Bertz CT molecular complexity index is 800. The zero-order valence-electron chi connectivity index (χ0n) is 12.6. The number of anilines is 1. The second-order valence-corrected chi connectivity index (χ2v) is 5.25. The molecule has 2 rings (SSSR count). The number of carbonyl (C=O) groups is 2. The molecule has 0 bridgehead atoms. The summed E-state index contributed by atoms with van der Waals surface area (Å²) in [7, 11) is 0. The van der Waals surface area contributed by atoms with Crippen LogP contribution in [-0.2, 0) is 9.53 Å². The van der Waals surface area contributed by atoms with Gasteiger partial charge >= 0.3 is 5.97 Å². The third-order valence-electron chi connectivity index (χ3n) is 2.77. The van der Waals surface area contributed by atoms with Crippen molar-refractivity contribution < 1.29 is 19.2 Å². The predicted molar refractivity (Wildman–Crippen MR) is 88.8 cm³/mol. The number of nitrogens with zero attached hydrogens (tertiary/aromatic N) is 2. The first kappa shape index (κ1) is 17.3. The number of carbonyl (C=O) groups excluding carboxylic acids is 2. The number of para-hydroxylation sites is 1. The number of nitro benzene ring substituents is 1. The molecule has 0 fully saturated rings. The molecule has 2 aromatic rings. The third-order valence-corrected chi connectivity index (χ3v) is 3.52. The summed E-state index contributed by atoms with van der Waals surface area (Å²) in [5, 5.41) is 15.1. The standard InChI is InChI=1S/C15H13N3O5S/c1-2-23-14(20)11-9-24-15(16-11)17-13(19)8-7-10-5-3-4-6-12(10)18(21)22/h3-9H,2H2,1H3,(H,16,17,19)/b8-7+. The maximum Gasteiger partial charge on any atom is 0.357 e. The van der Waals surface area contributed by atoms with Crippen molar-refractivity contribution in [1.29, 1.82) is 0 Å². The van der Waals surface area contributed by atoms with Crippen molar-refractivity contribution in [3.8, 4) is 0 Å². The maximum absolute atomic E-state index is 11.9. The summed E-state index contributed by atoms with van der Waals surface area (Å²) in [5.41, 5.74) is 0.323. The Kier molecular flexibility index (Phi) is 5.74. The zero-order chi connectivity index (χ0) is 17.5. The quantitative estimate of drug-likeness (QED) is 0.372. The molecule has 0 saturated heterocycles. The van der Waals surface area contributed by atoms with E-state index < -0.39 is 16.8 Å². The van der Waals surface area contributed by atoms with Crippen molar-refractivity contribution >= 4 is 40.1 Å². The van der Waals surface area contributed by atoms with Crippen LogP contribution in [0.2, 0.25) is 0 Å². The van der Waals surface area contributed by atoms with Crippen LogP contribution >= 0.6 is 11.3 Å². The van der Waals surface area contributed by atoms with Crippen LogP contribution in [0.5, 0.6) is 0 Å². The summed E-state index contributed by atoms with van der Waals surface area (Å²) in [6.45, 7) is 1.91. The minimum absolute atomic E-state index is 0.0969. The number of esters is 1. The Hall–Kier alpha value is -3.07. The highest BCUT2D eigenvalue weighted by molar-refractivity contribution is 7.14. The van der Waals surface area contributed by atoms with E-state index in [1.165, 1.54) is 23.6 Å². The van der Waals surface area contributed by atoms with Crippen LogP contribution in [-0.4, -0.2) is 28.4 Å². The van der Waals surface area contributed by atoms with Gasteiger partial charge in [0, 0.05) is 17.5 Å². The van der Waals surface area contributed by atoms with Crippen molar-refractivity contribution in [2.24, 2.45) is 0 Å². The third kappa shape index (κ3) is 4.46. The molecule has 0 atom stereocenters. The Balaban J connectivity index is 2.04. The molecular formula is C15H13N3O5S. The molecule has 0 aliphatic heterocycles. The first-order chi connectivity index (χ1) is 11.5. The first-order valence-electron chi connectivity index (χ1n) is 6.86. The van der Waals surface area contributed by atoms with Gasteiger partial charge in [0.15, 0.2) is 10.8 Å². The van der Waals surface area contributed by atoms with Gasteiger partial charge in [0.05, 0.1) is 17.1 Å². The summed E-state index contributed by atoms with van der Waals surface area (Å²) < 4.78 is 4.80. The summed E-state index contributed by atoms with van der Waals surface area (Å²) in [5.74, 6) is -1.08. The van der Waals surface area contributed by atoms with Crippen LogP contribution in [0.25, 0.3) is 6.08 Å². The van der Waals surface area contributed by atoms with Gasteiger partial charge in [0.2, 0.25) is 5.91 Å². The Morgan fingerprint density at radius 1 is 1.42 bits per heavy atom. The van der Waals surface area contributed by atoms with Crippen LogP contribution in [0.3, 0.4) is 0 Å². The van der Waals surface area contributed by atoms with Gasteiger partial charge in [-0.15, -0.1) is 11.3 Å². The lowest BCUT2D eigenvalue weighted by molar-refractivity contribution is -0.385. The van der Waals surface area contributed by atoms with Gasteiger partial charge in [-0.05, 0) is 19.1 Å². The van der Waals surface area contributed by atoms with Gasteiger partial charge in [-0.25, -0.2) is 9.78 Å². The van der Waals surface area contributed by atoms with Gasteiger partial charge in [-0.1, -0.05) is 12.1 Å². The van der Waals surface area contributed by atoms with Crippen LogP contribution in [0.4, 0.5) is 10.8 Å². The van der Waals surface area contributed by atoms with Crippen molar-refractivity contribution in [3.63, 3.8) is 0 Å². The van der Waals surface area contributed by atoms with E-state index >= 15 is 0 Å². The minimum atomic E-state index is -0.565. The molecule has 0 saturated carbocycles. The molecule has 0 aliphatic carbocycles. The van der Waals surface area contributed by atoms with E-state index in [0.29, 0.717) is 5.56 Å². The molecule has 1 amide bonds. The largest absolute Gasteiger partial charge is 0.461 e. The molecule has 1 aromatic heterocycles. The van der Waals surface area contributed by atoms with Gasteiger partial charge in [0.25, 0.3) is 5.69 Å². The molecule has 0 aliphatic rings. The van der Waals surface area contributed by atoms with Gasteiger partial charge in [0.1, 0.15) is 0 Å². The van der Waals surface area contributed by atoms with E-state index in [2.05, 4.69) is 10.3 Å². The van der Waals surface area contributed by atoms with Gasteiger partial charge in [-0.3, -0.25) is 20.2 Å². The van der Waals surface area contributed by atoms with Crippen LogP contribution in [0.1, 0.15) is 23.0 Å². The lowest BCUT2D eigenvalue weighted by Crippen LogP contribution is -2.09. The average Bonchev–Trinajstić information content (AvgIpc) is 3.02. The molecule has 1 N–H and O–H groups in total. The number of benzene rings is 1. The predicted octanol–water partition coefficient (Wildman–Crippen LogP) is 2.88. The Morgan fingerprint density at radius 3 is 2.88 bits per heavy atom. The van der Waals surface area contributed by atoms with Crippen molar-refractivity contribution in [2.75, 3.05) is 11.9 Å². The number of hydrogen-bond acceptors (Lipinski definition) is 7. The lowest BCUT2D eigenvalue weighted by Gasteiger charge is -1.98. The minimum Gasteiger partial charge on any atom is -0.461 e. The number of aromatic nitrogens is 1. The van der Waals surface area contributed by atoms with Crippen molar-refractivity contribution in [2.45, 2.75) is 6.92 Å². The summed E-state index contributed by atoms with van der Waals surface area (Å²) in [4.78, 5) is 37.7. The summed E-state index contributed by atoms with van der Waals surface area (Å²) in [6, 6.07) is 6.06. The fourth-order valence-electron chi connectivity index (χ4n) is 1.74. The molecule has 124 valence electrons. The molecule has 9 heteroatoms. The van der Waals surface area contributed by atoms with Gasteiger partial charge in [-0.2, -0.15) is 0 Å². The fourth-order valence-corrected chi connectivity index (χ4v) is 2.42. The molecule has 1 aromatic carbocycles. The molecule has 24 heavy (non-hydrogen) atoms. The van der Waals surface area contributed by atoms with Crippen molar-refractivity contribution in [1.82, 2.24) is 4.98 Å². The van der Waals surface area contributed by atoms with E-state index in [1.807, 2.05) is 0 Å². The summed E-state index contributed by atoms with van der Waals surface area (Å²) in [6.07, 6.45) is 2.50. The highest BCUT2D eigenvalue weighted by Gasteiger charge is 2.13. The summed E-state index contributed by atoms with van der Waals surface area (Å²) >= 11 is 1.08. The second-order valence-electron chi connectivity index (χ2n) is 4.40. The second kappa shape index (κ2) is 7.97. The molecular weight excluding hydrogens is 334 g/mol. The van der Waals surface area contributed by atoms with Gasteiger partial charge < -0.3 is 4.74 Å². The molecule has 1 heterocycles. The number of ether oxygens (including phenoxy) is 1. The number of amides is 1. The molecule has 0 radical (unpaired) electrons. The topological polar surface area (TPSA) is 111 Å². The molecule has 0 spiro atoms. The highest BCUT2D eigenvalue weighted by atomic mass is 32.1. The number of hydrogen-bond donors (Lipinski definition) is 1.